The third-order valence-corrected chi connectivity index (χ3v) is 7.15. The van der Waals surface area contributed by atoms with Gasteiger partial charge in [-0.3, -0.25) is 9.59 Å². The number of anilines is 1. The van der Waals surface area contributed by atoms with E-state index in [0.717, 1.165) is 16.8 Å². The van der Waals surface area contributed by atoms with Gasteiger partial charge in [-0.2, -0.15) is 0 Å². The molecule has 1 atom stereocenters. The van der Waals surface area contributed by atoms with Crippen molar-refractivity contribution in [1.29, 1.82) is 0 Å². The van der Waals surface area contributed by atoms with Gasteiger partial charge in [0, 0.05) is 17.3 Å². The fourth-order valence-corrected chi connectivity index (χ4v) is 5.19. The molecule has 0 aliphatic carbocycles. The molecule has 2 amide bonds. The Morgan fingerprint density at radius 2 is 1.78 bits per heavy atom. The number of amides is 2. The second kappa shape index (κ2) is 12.6. The normalized spacial score (nSPS) is 12.0. The Kier molecular flexibility index (Phi) is 9.82. The zero-order valence-corrected chi connectivity index (χ0v) is 23.4. The van der Waals surface area contributed by atoms with Crippen LogP contribution in [0.2, 0.25) is 10.0 Å². The fourth-order valence-electron chi connectivity index (χ4n) is 3.89. The topological polar surface area (TPSA) is 88.9 Å². The van der Waals surface area contributed by atoms with E-state index in [4.69, 9.17) is 23.2 Å². The van der Waals surface area contributed by atoms with Gasteiger partial charge in [0.1, 0.15) is 0 Å². The standard InChI is InChI=1S/C26H31Cl2N5O2S/c1-6-33-24(21(12-15(2)3)29-25(35)19-11-10-18(27)13-20(19)28)31-32-26(33)36-14-22(34)30-23-16(4)8-7-9-17(23)5/h7-11,13,15,21H,6,12,14H2,1-5H3,(H,29,35)(H,30,34)/t21-/m1/s1. The lowest BCUT2D eigenvalue weighted by atomic mass is 10.0. The highest BCUT2D eigenvalue weighted by Gasteiger charge is 2.25. The van der Waals surface area contributed by atoms with Crippen LogP contribution in [-0.2, 0) is 11.3 Å². The largest absolute Gasteiger partial charge is 0.342 e. The van der Waals surface area contributed by atoms with Gasteiger partial charge in [0.2, 0.25) is 5.91 Å². The number of aromatic nitrogens is 3. The Labute approximate surface area is 226 Å². The highest BCUT2D eigenvalue weighted by molar-refractivity contribution is 7.99. The third-order valence-electron chi connectivity index (χ3n) is 5.64. The summed E-state index contributed by atoms with van der Waals surface area (Å²) in [6.45, 7) is 10.7. The molecule has 0 saturated heterocycles. The Morgan fingerprint density at radius 1 is 1.08 bits per heavy atom. The van der Waals surface area contributed by atoms with E-state index in [1.807, 2.05) is 43.5 Å². The lowest BCUT2D eigenvalue weighted by Gasteiger charge is -2.21. The number of halogens is 2. The first-order valence-corrected chi connectivity index (χ1v) is 13.5. The van der Waals surface area contributed by atoms with Crippen LogP contribution in [-0.4, -0.2) is 32.3 Å². The molecule has 2 N–H and O–H groups in total. The molecule has 3 rings (SSSR count). The number of nitrogens with one attached hydrogen (secondary N) is 2. The maximum atomic E-state index is 13.0. The van der Waals surface area contributed by atoms with Crippen molar-refractivity contribution >= 4 is 52.5 Å². The minimum Gasteiger partial charge on any atom is -0.342 e. The molecule has 0 unspecified atom stereocenters. The smallest absolute Gasteiger partial charge is 0.253 e. The summed E-state index contributed by atoms with van der Waals surface area (Å²) in [5, 5.41) is 16.2. The number of para-hydroxylation sites is 1. The molecule has 0 fully saturated rings. The van der Waals surface area contributed by atoms with E-state index in [1.54, 1.807) is 18.2 Å². The van der Waals surface area contributed by atoms with Crippen molar-refractivity contribution in [2.24, 2.45) is 5.92 Å². The average Bonchev–Trinajstić information content (AvgIpc) is 3.22. The fraction of sp³-hybridized carbons (Fsp3) is 0.385. The van der Waals surface area contributed by atoms with Crippen LogP contribution in [0, 0.1) is 19.8 Å². The SMILES string of the molecule is CCn1c(SCC(=O)Nc2c(C)cccc2C)nnc1[C@@H](CC(C)C)NC(=O)c1ccc(Cl)cc1Cl. The van der Waals surface area contributed by atoms with E-state index < -0.39 is 0 Å². The molecule has 10 heteroatoms. The van der Waals surface area contributed by atoms with Crippen LogP contribution in [0.5, 0.6) is 0 Å². The van der Waals surface area contributed by atoms with E-state index in [-0.39, 0.29) is 34.5 Å². The number of benzene rings is 2. The van der Waals surface area contributed by atoms with Gasteiger partial charge in [0.25, 0.3) is 5.91 Å². The minimum atomic E-state index is -0.380. The lowest BCUT2D eigenvalue weighted by Crippen LogP contribution is -2.32. The quantitative estimate of drug-likeness (QED) is 0.284. The van der Waals surface area contributed by atoms with Gasteiger partial charge >= 0.3 is 0 Å². The van der Waals surface area contributed by atoms with Crippen molar-refractivity contribution in [1.82, 2.24) is 20.1 Å². The third kappa shape index (κ3) is 7.02. The lowest BCUT2D eigenvalue weighted by molar-refractivity contribution is -0.113. The van der Waals surface area contributed by atoms with Crippen LogP contribution in [0.15, 0.2) is 41.6 Å². The number of hydrogen-bond acceptors (Lipinski definition) is 5. The highest BCUT2D eigenvalue weighted by Crippen LogP contribution is 2.27. The van der Waals surface area contributed by atoms with Crippen LogP contribution in [0.3, 0.4) is 0 Å². The minimum absolute atomic E-state index is 0.117. The van der Waals surface area contributed by atoms with Crippen LogP contribution in [0.4, 0.5) is 5.69 Å². The average molecular weight is 549 g/mol. The summed E-state index contributed by atoms with van der Waals surface area (Å²) in [5.74, 6) is 0.691. The first-order valence-electron chi connectivity index (χ1n) is 11.8. The Balaban J connectivity index is 1.76. The number of hydrogen-bond donors (Lipinski definition) is 2. The molecule has 2 aromatic carbocycles. The van der Waals surface area contributed by atoms with Gasteiger partial charge in [0.05, 0.1) is 22.4 Å². The first-order chi connectivity index (χ1) is 17.1. The molecule has 0 aliphatic rings. The summed E-state index contributed by atoms with van der Waals surface area (Å²) in [6.07, 6.45) is 0.660. The number of aryl methyl sites for hydroxylation is 2. The summed E-state index contributed by atoms with van der Waals surface area (Å²) in [6, 6.07) is 10.3. The maximum Gasteiger partial charge on any atom is 0.253 e. The van der Waals surface area contributed by atoms with Crippen molar-refractivity contribution < 1.29 is 9.59 Å². The summed E-state index contributed by atoms with van der Waals surface area (Å²) >= 11 is 13.5. The molecule has 0 bridgehead atoms. The highest BCUT2D eigenvalue weighted by atomic mass is 35.5. The molecule has 3 aromatic rings. The van der Waals surface area contributed by atoms with Gasteiger partial charge in [-0.05, 0) is 62.4 Å². The van der Waals surface area contributed by atoms with Gasteiger partial charge in [-0.25, -0.2) is 0 Å². The Hall–Kier alpha value is -2.55. The van der Waals surface area contributed by atoms with Crippen molar-refractivity contribution in [3.05, 3.63) is 69.0 Å². The van der Waals surface area contributed by atoms with E-state index in [0.29, 0.717) is 34.5 Å². The zero-order valence-electron chi connectivity index (χ0n) is 21.1. The number of thioether (sulfide) groups is 1. The molecule has 192 valence electrons. The van der Waals surface area contributed by atoms with Crippen molar-refractivity contribution in [3.8, 4) is 0 Å². The Bertz CT molecular complexity index is 1220. The second-order valence-electron chi connectivity index (χ2n) is 8.97. The number of carbonyl (C=O) groups excluding carboxylic acids is 2. The summed E-state index contributed by atoms with van der Waals surface area (Å²) in [7, 11) is 0. The molecule has 0 saturated carbocycles. The van der Waals surface area contributed by atoms with Crippen LogP contribution in [0.25, 0.3) is 0 Å². The maximum absolute atomic E-state index is 13.0. The molecule has 0 spiro atoms. The predicted octanol–water partition coefficient (Wildman–Crippen LogP) is 6.47. The molecule has 36 heavy (non-hydrogen) atoms. The molecule has 0 aliphatic heterocycles. The summed E-state index contributed by atoms with van der Waals surface area (Å²) < 4.78 is 1.94. The molecule has 0 radical (unpaired) electrons. The Morgan fingerprint density at radius 3 is 2.39 bits per heavy atom. The van der Waals surface area contributed by atoms with E-state index in [9.17, 15) is 9.59 Å². The molecular weight excluding hydrogens is 517 g/mol. The van der Waals surface area contributed by atoms with Crippen molar-refractivity contribution in [2.45, 2.75) is 58.8 Å². The van der Waals surface area contributed by atoms with Crippen molar-refractivity contribution in [2.75, 3.05) is 11.1 Å². The number of nitrogens with zero attached hydrogens (tertiary/aromatic N) is 3. The molecule has 1 heterocycles. The number of rotatable bonds is 10. The summed E-state index contributed by atoms with van der Waals surface area (Å²) in [5.41, 5.74) is 3.21. The van der Waals surface area contributed by atoms with Crippen LogP contribution >= 0.6 is 35.0 Å². The zero-order chi connectivity index (χ0) is 26.4. The van der Waals surface area contributed by atoms with Crippen LogP contribution in [0.1, 0.15) is 60.5 Å². The van der Waals surface area contributed by atoms with Crippen LogP contribution < -0.4 is 10.6 Å². The second-order valence-corrected chi connectivity index (χ2v) is 10.8. The number of carbonyl (C=O) groups is 2. The van der Waals surface area contributed by atoms with Gasteiger partial charge in [-0.15, -0.1) is 10.2 Å². The van der Waals surface area contributed by atoms with Gasteiger partial charge in [0.15, 0.2) is 11.0 Å². The first kappa shape index (κ1) is 28.0. The molecule has 1 aromatic heterocycles. The van der Waals surface area contributed by atoms with Gasteiger partial charge in [-0.1, -0.05) is 67.0 Å². The van der Waals surface area contributed by atoms with E-state index in [2.05, 4.69) is 34.7 Å². The monoisotopic (exact) mass is 547 g/mol. The van der Waals surface area contributed by atoms with E-state index >= 15 is 0 Å². The van der Waals surface area contributed by atoms with Gasteiger partial charge < -0.3 is 15.2 Å². The molecular formula is C26H31Cl2N5O2S. The summed E-state index contributed by atoms with van der Waals surface area (Å²) in [4.78, 5) is 25.7. The van der Waals surface area contributed by atoms with Crippen molar-refractivity contribution in [3.63, 3.8) is 0 Å². The predicted molar refractivity (Wildman–Crippen MR) is 147 cm³/mol. The van der Waals surface area contributed by atoms with E-state index in [1.165, 1.54) is 11.8 Å². The molecule has 7 nitrogen and oxygen atoms in total.